The van der Waals surface area contributed by atoms with Crippen LogP contribution in [0.25, 0.3) is 0 Å². The summed E-state index contributed by atoms with van der Waals surface area (Å²) < 4.78 is 10.4. The molecule has 0 aromatic heterocycles. The zero-order chi connectivity index (χ0) is 19.4. The number of ether oxygens (including phenoxy) is 2. The minimum Gasteiger partial charge on any atom is -0.445 e. The van der Waals surface area contributed by atoms with E-state index in [1.54, 1.807) is 0 Å². The van der Waals surface area contributed by atoms with E-state index in [1.165, 1.54) is 0 Å². The number of benzene rings is 1. The van der Waals surface area contributed by atoms with Crippen molar-refractivity contribution in [2.75, 3.05) is 6.54 Å². The Balaban J connectivity index is 2.16. The summed E-state index contributed by atoms with van der Waals surface area (Å²) in [7, 11) is 0. The van der Waals surface area contributed by atoms with Crippen LogP contribution in [0, 0.1) is 0 Å². The largest absolute Gasteiger partial charge is 0.445 e. The average Bonchev–Trinajstić information content (AvgIpc) is 2.58. The number of nitrogens with one attached hydrogen (secondary N) is 2. The zero-order valence-corrected chi connectivity index (χ0v) is 16.3. The molecule has 1 aromatic rings. The molecule has 0 unspecified atom stereocenters. The van der Waals surface area contributed by atoms with Gasteiger partial charge < -0.3 is 20.1 Å². The van der Waals surface area contributed by atoms with Crippen LogP contribution in [0.2, 0.25) is 0 Å². The molecule has 0 aliphatic heterocycles. The van der Waals surface area contributed by atoms with E-state index < -0.39 is 17.8 Å². The molecular weight excluding hydrogens is 332 g/mol. The summed E-state index contributed by atoms with van der Waals surface area (Å²) in [6, 6.07) is 9.66. The molecule has 0 heterocycles. The predicted molar refractivity (Wildman–Crippen MR) is 102 cm³/mol. The Labute approximate surface area is 156 Å². The van der Waals surface area contributed by atoms with Gasteiger partial charge in [0.25, 0.3) is 0 Å². The van der Waals surface area contributed by atoms with E-state index >= 15 is 0 Å². The summed E-state index contributed by atoms with van der Waals surface area (Å²) in [6.07, 6.45) is 2.61. The third kappa shape index (κ3) is 10.6. The quantitative estimate of drug-likeness (QED) is 0.637. The Morgan fingerprint density at radius 1 is 1.08 bits per heavy atom. The molecule has 0 aliphatic rings. The maximum Gasteiger partial charge on any atom is 0.407 e. The van der Waals surface area contributed by atoms with Crippen LogP contribution >= 0.6 is 0 Å². The number of hydrogen-bond donors (Lipinski definition) is 2. The van der Waals surface area contributed by atoms with Crippen molar-refractivity contribution in [3.8, 4) is 0 Å². The minimum absolute atomic E-state index is 0.0693. The van der Waals surface area contributed by atoms with Crippen molar-refractivity contribution in [2.24, 2.45) is 0 Å². The first kappa shape index (κ1) is 21.8. The maximum atomic E-state index is 11.9. The summed E-state index contributed by atoms with van der Waals surface area (Å²) in [5.74, 6) is 0. The van der Waals surface area contributed by atoms with E-state index in [0.717, 1.165) is 31.2 Å². The van der Waals surface area contributed by atoms with Crippen molar-refractivity contribution in [2.45, 2.75) is 71.6 Å². The van der Waals surface area contributed by atoms with Crippen LogP contribution in [0.5, 0.6) is 0 Å². The molecule has 0 bridgehead atoms. The number of rotatable bonds is 9. The van der Waals surface area contributed by atoms with Crippen LogP contribution in [-0.2, 0) is 16.1 Å². The van der Waals surface area contributed by atoms with E-state index in [1.807, 2.05) is 58.0 Å². The fourth-order valence-electron chi connectivity index (χ4n) is 2.33. The normalized spacial score (nSPS) is 12.2. The highest BCUT2D eigenvalue weighted by Gasteiger charge is 2.15. The number of alkyl carbamates (subject to hydrolysis) is 2. The van der Waals surface area contributed by atoms with E-state index in [2.05, 4.69) is 10.6 Å². The lowest BCUT2D eigenvalue weighted by Crippen LogP contribution is -2.35. The smallest absolute Gasteiger partial charge is 0.407 e. The van der Waals surface area contributed by atoms with Crippen molar-refractivity contribution >= 4 is 12.2 Å². The van der Waals surface area contributed by atoms with Crippen LogP contribution < -0.4 is 10.6 Å². The van der Waals surface area contributed by atoms with Gasteiger partial charge in [-0.15, -0.1) is 0 Å². The topological polar surface area (TPSA) is 76.7 Å². The maximum absolute atomic E-state index is 11.9. The van der Waals surface area contributed by atoms with Crippen LogP contribution in [0.4, 0.5) is 9.59 Å². The molecule has 0 saturated heterocycles. The number of carbonyl (C=O) groups excluding carboxylic acids is 2. The molecule has 26 heavy (non-hydrogen) atoms. The SMILES string of the molecule is CC[C@H](CCCCNC(=O)OC(C)(C)C)NC(=O)OCc1ccccc1. The van der Waals surface area contributed by atoms with Gasteiger partial charge >= 0.3 is 12.2 Å². The first-order valence-electron chi connectivity index (χ1n) is 9.24. The summed E-state index contributed by atoms with van der Waals surface area (Å²) in [6.45, 7) is 8.36. The molecule has 0 radical (unpaired) electrons. The van der Waals surface area contributed by atoms with Crippen LogP contribution in [0.1, 0.15) is 58.9 Å². The summed E-state index contributed by atoms with van der Waals surface area (Å²) in [5, 5.41) is 5.63. The van der Waals surface area contributed by atoms with Crippen LogP contribution in [-0.4, -0.2) is 30.4 Å². The summed E-state index contributed by atoms with van der Waals surface area (Å²) >= 11 is 0. The highest BCUT2D eigenvalue weighted by Crippen LogP contribution is 2.08. The number of unbranched alkanes of at least 4 members (excludes halogenated alkanes) is 1. The average molecular weight is 364 g/mol. The van der Waals surface area contributed by atoms with Crippen molar-refractivity contribution in [1.29, 1.82) is 0 Å². The monoisotopic (exact) mass is 364 g/mol. The number of amides is 2. The molecule has 1 rings (SSSR count). The van der Waals surface area contributed by atoms with Crippen molar-refractivity contribution in [3.05, 3.63) is 35.9 Å². The number of hydrogen-bond acceptors (Lipinski definition) is 4. The highest BCUT2D eigenvalue weighted by molar-refractivity contribution is 5.68. The molecule has 2 N–H and O–H groups in total. The van der Waals surface area contributed by atoms with E-state index in [9.17, 15) is 9.59 Å². The molecule has 6 nitrogen and oxygen atoms in total. The predicted octanol–water partition coefficient (Wildman–Crippen LogP) is 4.39. The van der Waals surface area contributed by atoms with Gasteiger partial charge in [0.2, 0.25) is 0 Å². The Bertz CT molecular complexity index is 540. The van der Waals surface area contributed by atoms with Gasteiger partial charge in [0.15, 0.2) is 0 Å². The van der Waals surface area contributed by atoms with Gasteiger partial charge in [-0.05, 0) is 52.0 Å². The second kappa shape index (κ2) is 11.4. The van der Waals surface area contributed by atoms with Gasteiger partial charge in [0, 0.05) is 12.6 Å². The molecule has 2 amide bonds. The molecule has 1 atom stereocenters. The van der Waals surface area contributed by atoms with Gasteiger partial charge in [-0.2, -0.15) is 0 Å². The van der Waals surface area contributed by atoms with Gasteiger partial charge in [-0.25, -0.2) is 9.59 Å². The molecule has 1 aromatic carbocycles. The van der Waals surface area contributed by atoms with E-state index in [0.29, 0.717) is 6.54 Å². The molecule has 0 spiro atoms. The third-order valence-electron chi connectivity index (χ3n) is 3.68. The lowest BCUT2D eigenvalue weighted by atomic mass is 10.1. The first-order valence-corrected chi connectivity index (χ1v) is 9.24. The standard InChI is InChI=1S/C20H32N2O4/c1-5-17(13-9-10-14-21-18(23)26-20(2,3)4)22-19(24)25-15-16-11-7-6-8-12-16/h6-8,11-12,17H,5,9-10,13-15H2,1-4H3,(H,21,23)(H,22,24)/t17-/m1/s1. The van der Waals surface area contributed by atoms with Crippen molar-refractivity contribution in [1.82, 2.24) is 10.6 Å². The zero-order valence-electron chi connectivity index (χ0n) is 16.3. The first-order chi connectivity index (χ1) is 12.3. The van der Waals surface area contributed by atoms with Crippen molar-refractivity contribution < 1.29 is 19.1 Å². The fraction of sp³-hybridized carbons (Fsp3) is 0.600. The van der Waals surface area contributed by atoms with Gasteiger partial charge in [0.1, 0.15) is 12.2 Å². The molecule has 0 aliphatic carbocycles. The summed E-state index contributed by atoms with van der Waals surface area (Å²) in [5.41, 5.74) is 0.477. The fourth-order valence-corrected chi connectivity index (χ4v) is 2.33. The Morgan fingerprint density at radius 3 is 2.38 bits per heavy atom. The molecule has 0 saturated carbocycles. The third-order valence-corrected chi connectivity index (χ3v) is 3.68. The van der Waals surface area contributed by atoms with Gasteiger partial charge in [-0.3, -0.25) is 0 Å². The Morgan fingerprint density at radius 2 is 1.77 bits per heavy atom. The Kier molecular flexibility index (Phi) is 9.55. The Hall–Kier alpha value is -2.24. The van der Waals surface area contributed by atoms with Crippen LogP contribution in [0.15, 0.2) is 30.3 Å². The highest BCUT2D eigenvalue weighted by atomic mass is 16.6. The van der Waals surface area contributed by atoms with Crippen LogP contribution in [0.3, 0.4) is 0 Å². The lowest BCUT2D eigenvalue weighted by molar-refractivity contribution is 0.0527. The molecule has 0 fully saturated rings. The van der Waals surface area contributed by atoms with E-state index in [-0.39, 0.29) is 12.6 Å². The molecular formula is C20H32N2O4. The second-order valence-corrected chi connectivity index (χ2v) is 7.24. The molecule has 146 valence electrons. The van der Waals surface area contributed by atoms with Gasteiger partial charge in [-0.1, -0.05) is 37.3 Å². The summed E-state index contributed by atoms with van der Waals surface area (Å²) in [4.78, 5) is 23.4. The van der Waals surface area contributed by atoms with Gasteiger partial charge in [0.05, 0.1) is 0 Å². The van der Waals surface area contributed by atoms with Crippen molar-refractivity contribution in [3.63, 3.8) is 0 Å². The second-order valence-electron chi connectivity index (χ2n) is 7.24. The molecule has 6 heteroatoms. The lowest BCUT2D eigenvalue weighted by Gasteiger charge is -2.20. The van der Waals surface area contributed by atoms with E-state index in [4.69, 9.17) is 9.47 Å². The number of carbonyl (C=O) groups is 2. The minimum atomic E-state index is -0.485.